The Balaban J connectivity index is 1.38. The number of aromatic nitrogens is 6. The van der Waals surface area contributed by atoms with Gasteiger partial charge in [-0.1, -0.05) is 6.08 Å². The fourth-order valence-electron chi connectivity index (χ4n) is 6.94. The van der Waals surface area contributed by atoms with Crippen molar-refractivity contribution in [1.29, 1.82) is 0 Å². The van der Waals surface area contributed by atoms with Gasteiger partial charge >= 0.3 is 12.3 Å². The number of hydrogen-bond donors (Lipinski definition) is 2. The van der Waals surface area contributed by atoms with E-state index in [1.165, 1.54) is 38.6 Å². The number of alkyl halides is 5. The minimum absolute atomic E-state index is 0.0179. The van der Waals surface area contributed by atoms with Crippen molar-refractivity contribution in [3.8, 4) is 0 Å². The van der Waals surface area contributed by atoms with Crippen LogP contribution in [0, 0.1) is 11.8 Å². The predicted molar refractivity (Wildman–Crippen MR) is 175 cm³/mol. The van der Waals surface area contributed by atoms with E-state index in [9.17, 15) is 36.3 Å². The first-order valence-corrected chi connectivity index (χ1v) is 17.4. The molecule has 2 N–H and O–H groups in total. The Bertz CT molecular complexity index is 1860. The fourth-order valence-corrected chi connectivity index (χ4v) is 6.94. The van der Waals surface area contributed by atoms with Crippen LogP contribution in [-0.2, 0) is 22.5 Å². The molecule has 3 aromatic heterocycles. The number of hydrogen-bond acceptors (Lipinski definition) is 8. The SMILES string of the molecule is CCn1nccc1C(=O)N[C@@H](C1=CCC(F)(F)CC1)c1cn2nc(C[C@H]3C[C@@H](C(F)(F)F)CNC3=O)c(C3CCN(C(=O)OC(C)(C)C)C3)nc2n1. The van der Waals surface area contributed by atoms with E-state index in [1.807, 2.05) is 6.92 Å². The zero-order valence-electron chi connectivity index (χ0n) is 29.3. The third kappa shape index (κ3) is 8.20. The van der Waals surface area contributed by atoms with Gasteiger partial charge in [0.25, 0.3) is 17.6 Å². The molecule has 1 unspecified atom stereocenters. The highest BCUT2D eigenvalue weighted by molar-refractivity contribution is 5.93. The van der Waals surface area contributed by atoms with Crippen molar-refractivity contribution in [2.24, 2.45) is 11.8 Å². The number of nitrogens with zero attached hydrogens (tertiary/aromatic N) is 7. The molecule has 1 aliphatic carbocycles. The third-order valence-electron chi connectivity index (χ3n) is 9.66. The molecule has 4 atom stereocenters. The quantitative estimate of drug-likeness (QED) is 0.239. The van der Waals surface area contributed by atoms with Crippen molar-refractivity contribution >= 4 is 23.7 Å². The lowest BCUT2D eigenvalue weighted by atomic mass is 9.85. The summed E-state index contributed by atoms with van der Waals surface area (Å²) in [7, 11) is 0. The fraction of sp³-hybridized carbons (Fsp3) is 0.618. The number of amides is 3. The second-order valence-corrected chi connectivity index (χ2v) is 14.7. The van der Waals surface area contributed by atoms with Crippen LogP contribution in [-0.4, -0.2) is 89.5 Å². The van der Waals surface area contributed by atoms with Crippen LogP contribution in [0.5, 0.6) is 0 Å². The lowest BCUT2D eigenvalue weighted by Crippen LogP contribution is -2.47. The van der Waals surface area contributed by atoms with Gasteiger partial charge in [0.2, 0.25) is 5.91 Å². The number of imidazole rings is 1. The summed E-state index contributed by atoms with van der Waals surface area (Å²) in [5, 5.41) is 14.2. The normalized spacial score (nSPS) is 22.9. The van der Waals surface area contributed by atoms with E-state index in [-0.39, 0.29) is 42.2 Å². The van der Waals surface area contributed by atoms with E-state index in [1.54, 1.807) is 20.8 Å². The molecule has 52 heavy (non-hydrogen) atoms. The van der Waals surface area contributed by atoms with Crippen LogP contribution in [0.15, 0.2) is 30.1 Å². The molecule has 0 saturated carbocycles. The monoisotopic (exact) mass is 735 g/mol. The molecule has 0 aromatic carbocycles. The van der Waals surface area contributed by atoms with Gasteiger partial charge in [-0.15, -0.1) is 0 Å². The van der Waals surface area contributed by atoms with Crippen molar-refractivity contribution in [2.45, 2.75) is 102 Å². The van der Waals surface area contributed by atoms with E-state index < -0.39 is 85.2 Å². The molecule has 3 amide bonds. The average molecular weight is 736 g/mol. The van der Waals surface area contributed by atoms with Crippen LogP contribution in [0.3, 0.4) is 0 Å². The van der Waals surface area contributed by atoms with Gasteiger partial charge in [-0.25, -0.2) is 28.1 Å². The van der Waals surface area contributed by atoms with Crippen molar-refractivity contribution in [3.63, 3.8) is 0 Å². The highest BCUT2D eigenvalue weighted by Crippen LogP contribution is 2.39. The first-order valence-electron chi connectivity index (χ1n) is 17.4. The van der Waals surface area contributed by atoms with Crippen LogP contribution in [0.2, 0.25) is 0 Å². The van der Waals surface area contributed by atoms with Gasteiger partial charge in [0.05, 0.1) is 35.2 Å². The summed E-state index contributed by atoms with van der Waals surface area (Å²) in [6, 6.07) is 0.599. The van der Waals surface area contributed by atoms with E-state index >= 15 is 0 Å². The zero-order chi connectivity index (χ0) is 37.6. The van der Waals surface area contributed by atoms with Crippen LogP contribution in [0.4, 0.5) is 26.7 Å². The molecule has 0 bridgehead atoms. The number of allylic oxidation sites excluding steroid dienone is 1. The minimum atomic E-state index is -4.50. The second-order valence-electron chi connectivity index (χ2n) is 14.7. The molecule has 282 valence electrons. The van der Waals surface area contributed by atoms with Gasteiger partial charge in [-0.2, -0.15) is 23.4 Å². The summed E-state index contributed by atoms with van der Waals surface area (Å²) in [5.74, 6) is -7.02. The largest absolute Gasteiger partial charge is 0.444 e. The molecule has 5 heterocycles. The number of aryl methyl sites for hydroxylation is 1. The average Bonchev–Trinajstić information content (AvgIpc) is 3.83. The topological polar surface area (TPSA) is 149 Å². The van der Waals surface area contributed by atoms with Crippen molar-refractivity contribution in [2.75, 3.05) is 19.6 Å². The Morgan fingerprint density at radius 2 is 1.96 bits per heavy atom. The maximum Gasteiger partial charge on any atom is 0.410 e. The summed E-state index contributed by atoms with van der Waals surface area (Å²) in [6.45, 7) is 7.48. The number of carbonyl (C=O) groups excluding carboxylic acids is 3. The number of halogens is 5. The van der Waals surface area contributed by atoms with Gasteiger partial charge < -0.3 is 20.3 Å². The van der Waals surface area contributed by atoms with E-state index in [4.69, 9.17) is 14.8 Å². The van der Waals surface area contributed by atoms with Gasteiger partial charge in [0, 0.05) is 63.5 Å². The summed E-state index contributed by atoms with van der Waals surface area (Å²) in [4.78, 5) is 50.3. The van der Waals surface area contributed by atoms with Crippen molar-refractivity contribution in [1.82, 2.24) is 44.9 Å². The van der Waals surface area contributed by atoms with Crippen LogP contribution >= 0.6 is 0 Å². The number of carbonyl (C=O) groups is 3. The van der Waals surface area contributed by atoms with Gasteiger partial charge in [-0.3, -0.25) is 14.3 Å². The van der Waals surface area contributed by atoms with E-state index in [0.717, 1.165) is 0 Å². The molecule has 0 spiro atoms. The zero-order valence-corrected chi connectivity index (χ0v) is 29.3. The second kappa shape index (κ2) is 14.1. The first kappa shape index (κ1) is 37.1. The minimum Gasteiger partial charge on any atom is -0.444 e. The smallest absolute Gasteiger partial charge is 0.410 e. The Morgan fingerprint density at radius 1 is 1.19 bits per heavy atom. The summed E-state index contributed by atoms with van der Waals surface area (Å²) < 4.78 is 77.9. The molecule has 0 radical (unpaired) electrons. The van der Waals surface area contributed by atoms with Crippen LogP contribution in [0.1, 0.15) is 99.3 Å². The summed E-state index contributed by atoms with van der Waals surface area (Å²) >= 11 is 0. The Morgan fingerprint density at radius 3 is 2.63 bits per heavy atom. The van der Waals surface area contributed by atoms with Gasteiger partial charge in [0.1, 0.15) is 11.3 Å². The number of likely N-dealkylation sites (tertiary alicyclic amines) is 1. The summed E-state index contributed by atoms with van der Waals surface area (Å²) in [5.41, 5.74) is 0.940. The molecule has 13 nitrogen and oxygen atoms in total. The molecular weight excluding hydrogens is 693 g/mol. The number of ether oxygens (including phenoxy) is 1. The Kier molecular flexibility index (Phi) is 10.0. The van der Waals surface area contributed by atoms with Crippen LogP contribution in [0.25, 0.3) is 5.78 Å². The highest BCUT2D eigenvalue weighted by Gasteiger charge is 2.45. The lowest BCUT2D eigenvalue weighted by Gasteiger charge is -2.30. The molecule has 18 heteroatoms. The number of nitrogens with one attached hydrogen (secondary N) is 2. The van der Waals surface area contributed by atoms with Crippen molar-refractivity contribution < 1.29 is 41.1 Å². The standard InChI is InChI=1S/C34H42F5N9O4/c1-5-47-25(8-12-41-47)29(50)43-26(19-6-10-33(35,36)11-7-19)24-18-48-30(42-24)44-27(20-9-13-46(17-20)31(51)52-32(2,3)4)23(45-48)15-21-14-22(34(37,38)39)16-40-28(21)49/h6,8,12,18,20-22,26H,5,7,9-11,13-17H2,1-4H3,(H,40,49)(H,43,50)/t20?,21-,22-,26+/m1/s1. The predicted octanol–water partition coefficient (Wildman–Crippen LogP) is 5.14. The molecule has 2 fully saturated rings. The third-order valence-corrected chi connectivity index (χ3v) is 9.66. The molecule has 3 aromatic rings. The molecular formula is C34H42F5N9O4. The molecule has 2 aliphatic heterocycles. The number of rotatable bonds is 8. The molecule has 6 rings (SSSR count). The molecule has 3 aliphatic rings. The number of fused-ring (bicyclic) bond motifs is 1. The number of piperidine rings is 1. The molecule has 2 saturated heterocycles. The van der Waals surface area contributed by atoms with Crippen LogP contribution < -0.4 is 10.6 Å². The Hall–Kier alpha value is -4.64. The van der Waals surface area contributed by atoms with Gasteiger partial charge in [-0.05, 0) is 58.6 Å². The Labute approximate surface area is 296 Å². The van der Waals surface area contributed by atoms with E-state index in [0.29, 0.717) is 30.8 Å². The van der Waals surface area contributed by atoms with Gasteiger partial charge in [0.15, 0.2) is 0 Å². The maximum absolute atomic E-state index is 14.2. The first-order chi connectivity index (χ1) is 24.4. The maximum atomic E-state index is 14.2. The summed E-state index contributed by atoms with van der Waals surface area (Å²) in [6.07, 6.45) is -1.76. The van der Waals surface area contributed by atoms with Crippen molar-refractivity contribution in [3.05, 3.63) is 52.9 Å². The van der Waals surface area contributed by atoms with E-state index in [2.05, 4.69) is 20.7 Å². The lowest BCUT2D eigenvalue weighted by molar-refractivity contribution is -0.183. The highest BCUT2D eigenvalue weighted by atomic mass is 19.4.